The van der Waals surface area contributed by atoms with Gasteiger partial charge in [-0.3, -0.25) is 24.0 Å². The largest absolute Gasteiger partial charge is 0.467 e. The van der Waals surface area contributed by atoms with Gasteiger partial charge in [-0.25, -0.2) is 9.59 Å². The molecule has 0 saturated carbocycles. The van der Waals surface area contributed by atoms with E-state index < -0.39 is 95.5 Å². The molecule has 2 rings (SSSR count). The average Bonchev–Trinajstić information content (AvgIpc) is 3.19. The molecular formula is C42H63N5O11. The van der Waals surface area contributed by atoms with Crippen LogP contribution in [-0.2, 0) is 54.2 Å². The molecule has 1 aromatic carbocycles. The first-order chi connectivity index (χ1) is 27.3. The number of amides is 5. The van der Waals surface area contributed by atoms with Crippen molar-refractivity contribution >= 4 is 41.5 Å². The first kappa shape index (κ1) is 49.1. The summed E-state index contributed by atoms with van der Waals surface area (Å²) in [4.78, 5) is 95.4. The van der Waals surface area contributed by atoms with Crippen molar-refractivity contribution in [1.82, 2.24) is 26.2 Å². The van der Waals surface area contributed by atoms with E-state index in [1.54, 1.807) is 40.0 Å². The van der Waals surface area contributed by atoms with Crippen molar-refractivity contribution < 1.29 is 52.9 Å². The van der Waals surface area contributed by atoms with Gasteiger partial charge in [0.15, 0.2) is 0 Å². The Labute approximate surface area is 341 Å². The lowest BCUT2D eigenvalue weighted by molar-refractivity contribution is -0.151. The van der Waals surface area contributed by atoms with E-state index in [2.05, 4.69) is 21.3 Å². The van der Waals surface area contributed by atoms with Gasteiger partial charge < -0.3 is 45.5 Å². The van der Waals surface area contributed by atoms with Gasteiger partial charge in [0.25, 0.3) is 0 Å². The molecule has 5 amide bonds. The van der Waals surface area contributed by atoms with Gasteiger partial charge in [0.05, 0.1) is 44.3 Å². The Kier molecular flexibility index (Phi) is 19.7. The molecule has 322 valence electrons. The summed E-state index contributed by atoms with van der Waals surface area (Å²) < 4.78 is 15.6. The molecule has 0 bridgehead atoms. The van der Waals surface area contributed by atoms with Crippen LogP contribution in [0.4, 0.5) is 0 Å². The number of aliphatic hydroxyl groups is 1. The average molecular weight is 814 g/mol. The predicted octanol–water partition coefficient (Wildman–Crippen LogP) is 1.60. The third-order valence-corrected chi connectivity index (χ3v) is 10.4. The third kappa shape index (κ3) is 14.1. The first-order valence-electron chi connectivity index (χ1n) is 19.5. The molecule has 0 spiro atoms. The Balaban J connectivity index is 2.63. The Morgan fingerprint density at radius 3 is 2.00 bits per heavy atom. The maximum absolute atomic E-state index is 14.0. The van der Waals surface area contributed by atoms with Gasteiger partial charge in [0.1, 0.15) is 24.2 Å². The zero-order valence-corrected chi connectivity index (χ0v) is 35.6. The van der Waals surface area contributed by atoms with Crippen molar-refractivity contribution in [3.63, 3.8) is 0 Å². The summed E-state index contributed by atoms with van der Waals surface area (Å²) >= 11 is 0. The molecule has 16 heteroatoms. The molecule has 10 atom stereocenters. The van der Waals surface area contributed by atoms with Crippen LogP contribution in [0.2, 0.25) is 0 Å². The van der Waals surface area contributed by atoms with Crippen LogP contribution in [0.5, 0.6) is 0 Å². The van der Waals surface area contributed by atoms with E-state index >= 15 is 0 Å². The van der Waals surface area contributed by atoms with Crippen molar-refractivity contribution in [2.24, 2.45) is 23.7 Å². The van der Waals surface area contributed by atoms with Gasteiger partial charge in [-0.05, 0) is 38.2 Å². The third-order valence-electron chi connectivity index (χ3n) is 10.4. The van der Waals surface area contributed by atoms with Gasteiger partial charge in [0, 0.05) is 26.5 Å². The minimum atomic E-state index is -1.58. The lowest BCUT2D eigenvalue weighted by Crippen LogP contribution is -2.60. The molecule has 5 N–H and O–H groups in total. The number of ether oxygens (including phenoxy) is 3. The molecule has 0 aliphatic carbocycles. The van der Waals surface area contributed by atoms with Crippen molar-refractivity contribution in [3.8, 4) is 0 Å². The zero-order valence-electron chi connectivity index (χ0n) is 35.6. The van der Waals surface area contributed by atoms with Crippen LogP contribution in [0.15, 0.2) is 54.1 Å². The molecule has 58 heavy (non-hydrogen) atoms. The summed E-state index contributed by atoms with van der Waals surface area (Å²) in [6.07, 6.45) is 3.91. The number of nitrogens with zero attached hydrogens (tertiary/aromatic N) is 1. The van der Waals surface area contributed by atoms with Crippen LogP contribution < -0.4 is 21.3 Å². The van der Waals surface area contributed by atoms with E-state index in [-0.39, 0.29) is 24.9 Å². The van der Waals surface area contributed by atoms with Gasteiger partial charge >= 0.3 is 11.9 Å². The summed E-state index contributed by atoms with van der Waals surface area (Å²) in [6, 6.07) is 3.37. The normalized spacial score (nSPS) is 26.6. The summed E-state index contributed by atoms with van der Waals surface area (Å²) in [5.74, 6) is -8.37. The number of nitrogens with one attached hydrogen (secondary N) is 4. The molecule has 1 aliphatic rings. The lowest BCUT2D eigenvalue weighted by Gasteiger charge is -2.32. The van der Waals surface area contributed by atoms with Crippen LogP contribution in [0.25, 0.3) is 0 Å². The molecule has 0 radical (unpaired) electrons. The smallest absolute Gasteiger partial charge is 0.329 e. The Morgan fingerprint density at radius 1 is 0.845 bits per heavy atom. The number of aliphatic hydroxyl groups excluding tert-OH is 1. The van der Waals surface area contributed by atoms with Crippen LogP contribution in [0.3, 0.4) is 0 Å². The molecule has 1 aliphatic heterocycles. The van der Waals surface area contributed by atoms with Crippen molar-refractivity contribution in [3.05, 3.63) is 59.7 Å². The zero-order chi connectivity index (χ0) is 43.9. The highest BCUT2D eigenvalue weighted by atomic mass is 16.5. The van der Waals surface area contributed by atoms with E-state index in [0.717, 1.165) is 30.3 Å². The molecule has 1 aromatic rings. The van der Waals surface area contributed by atoms with Gasteiger partial charge in [0.2, 0.25) is 29.5 Å². The quantitative estimate of drug-likeness (QED) is 0.160. The molecule has 0 unspecified atom stereocenters. The lowest BCUT2D eigenvalue weighted by atomic mass is 9.94. The minimum absolute atomic E-state index is 0.0285. The fraction of sp³-hybridized carbons (Fsp3) is 0.595. The fourth-order valence-corrected chi connectivity index (χ4v) is 6.66. The number of allylic oxidation sites excluding steroid dienone is 2. The maximum Gasteiger partial charge on any atom is 0.329 e. The summed E-state index contributed by atoms with van der Waals surface area (Å²) in [5.41, 5.74) is 1.93. The Hall–Kier alpha value is -5.09. The highest BCUT2D eigenvalue weighted by Gasteiger charge is 2.40. The minimum Gasteiger partial charge on any atom is -0.467 e. The number of rotatable bonds is 11. The number of benzene rings is 1. The second-order valence-corrected chi connectivity index (χ2v) is 15.3. The summed E-state index contributed by atoms with van der Waals surface area (Å²) in [7, 11) is 5.11. The highest BCUT2D eigenvalue weighted by Crippen LogP contribution is 2.19. The summed E-state index contributed by atoms with van der Waals surface area (Å²) in [6.45, 7) is 11.5. The highest BCUT2D eigenvalue weighted by molar-refractivity contribution is 5.96. The van der Waals surface area contributed by atoms with E-state index in [0.29, 0.717) is 6.42 Å². The maximum atomic E-state index is 14.0. The number of hydrogen-bond donors (Lipinski definition) is 5. The van der Waals surface area contributed by atoms with Gasteiger partial charge in [-0.1, -0.05) is 88.8 Å². The number of esters is 2. The number of carbonyl (C=O) groups is 7. The van der Waals surface area contributed by atoms with E-state index in [1.807, 2.05) is 50.3 Å². The molecule has 1 fully saturated rings. The van der Waals surface area contributed by atoms with Crippen molar-refractivity contribution in [1.29, 1.82) is 0 Å². The fourth-order valence-electron chi connectivity index (χ4n) is 6.66. The van der Waals surface area contributed by atoms with Crippen LogP contribution in [0.1, 0.15) is 66.9 Å². The Morgan fingerprint density at radius 2 is 1.45 bits per heavy atom. The second kappa shape index (κ2) is 23.3. The molecule has 0 aromatic heterocycles. The summed E-state index contributed by atoms with van der Waals surface area (Å²) in [5, 5.41) is 21.2. The monoisotopic (exact) mass is 813 g/mol. The SMILES string of the molecule is COC(=O)[C@H]1CCC(=O)N(C)[C@@H]([C@@H](C)O)C(=O)N[C@@H](C(=O)OC)[C@H](C)C(=O)N[C@@H](C(C)C)C(=O)N[C@@H](/C=C/C(C)=C/[C@H](C)[C@H](Cc2ccccc2)OC)[C@H](C)C(=O)N1. The topological polar surface area (TPSA) is 219 Å². The van der Waals surface area contributed by atoms with Crippen molar-refractivity contribution in [2.45, 2.75) is 110 Å². The van der Waals surface area contributed by atoms with E-state index in [4.69, 9.17) is 14.2 Å². The van der Waals surface area contributed by atoms with Gasteiger partial charge in [-0.2, -0.15) is 0 Å². The predicted molar refractivity (Wildman–Crippen MR) is 215 cm³/mol. The van der Waals surface area contributed by atoms with Crippen LogP contribution in [-0.4, -0.2) is 122 Å². The van der Waals surface area contributed by atoms with Crippen molar-refractivity contribution in [2.75, 3.05) is 28.4 Å². The number of methoxy groups -OCH3 is 3. The van der Waals surface area contributed by atoms with E-state index in [1.165, 1.54) is 20.9 Å². The molecule has 16 nitrogen and oxygen atoms in total. The molecular weight excluding hydrogens is 750 g/mol. The van der Waals surface area contributed by atoms with E-state index in [9.17, 15) is 38.7 Å². The number of likely N-dealkylation sites (N-methyl/N-ethyl adjacent to an activating group) is 1. The van der Waals surface area contributed by atoms with Gasteiger partial charge in [-0.15, -0.1) is 0 Å². The van der Waals surface area contributed by atoms with Crippen LogP contribution in [0, 0.1) is 23.7 Å². The standard InChI is InChI=1S/C42H63N5O11/c1-23(2)34-39(52)43-30(18-17-24(3)21-25(4)32(56-9)22-29-15-13-12-14-16-29)26(5)37(50)44-31(41(54)57-10)19-20-33(49)47(8)36(28(7)48)40(53)46-35(42(55)58-11)27(6)38(51)45-34/h12-18,21,23,25-28,30-32,34-36,48H,19-20,22H2,1-11H3,(H,43,52)(H,44,50)(H,45,51)(H,46,53)/b18-17+,24-21+/t25-,26-,27-,28+,30-,31+,32-,34-,35+,36-/m0/s1. The molecule has 1 saturated heterocycles. The van der Waals surface area contributed by atoms with Crippen LogP contribution >= 0.6 is 0 Å². The molecule has 1 heterocycles. The number of hydrogen-bond acceptors (Lipinski definition) is 11. The first-order valence-corrected chi connectivity index (χ1v) is 19.5. The number of carbonyl (C=O) groups excluding carboxylic acids is 7. The Bertz CT molecular complexity index is 1650. The second-order valence-electron chi connectivity index (χ2n) is 15.3.